The number of anilines is 1. The normalized spacial score (nSPS) is 21.1. The standard InChI is InChI=1S/C47H57N7O7/c1-50(2)42-22-36-37(25-48-42)45(58)51(3)28-38(36)31-19-40(55)34(41(20-31)60-4)11-16-52-14-9-29(10-15-52)26-53-17-12-47(13-18-53)23-33(24-47)61-32-6-5-30-27-54(46(59)35(30)21-32)39-7-8-43(56)49-44(39)57/h5-6,19-22,25,28-29,33,39,55H,7-18,23-24,26-27H2,1-4H3,(H,49,56,57). The van der Waals surface area contributed by atoms with Crippen molar-refractivity contribution in [2.45, 2.75) is 76.5 Å². The molecular formula is C47H57N7O7. The van der Waals surface area contributed by atoms with Crippen molar-refractivity contribution in [2.75, 3.05) is 65.4 Å². The van der Waals surface area contributed by atoms with E-state index >= 15 is 0 Å². The Hall–Kier alpha value is -5.47. The number of benzene rings is 2. The van der Waals surface area contributed by atoms with Crippen LogP contribution in [0.1, 0.15) is 72.9 Å². The van der Waals surface area contributed by atoms with Crippen molar-refractivity contribution >= 4 is 34.3 Å². The fourth-order valence-electron chi connectivity index (χ4n) is 10.5. The predicted octanol–water partition coefficient (Wildman–Crippen LogP) is 4.72. The average molecular weight is 832 g/mol. The minimum Gasteiger partial charge on any atom is -0.508 e. The lowest BCUT2D eigenvalue weighted by Gasteiger charge is -2.52. The van der Waals surface area contributed by atoms with Gasteiger partial charge in [-0.25, -0.2) is 4.98 Å². The van der Waals surface area contributed by atoms with Crippen LogP contribution in [0.15, 0.2) is 53.6 Å². The number of nitrogens with one attached hydrogen (secondary N) is 1. The number of methoxy groups -OCH3 is 1. The zero-order valence-corrected chi connectivity index (χ0v) is 35.7. The molecule has 61 heavy (non-hydrogen) atoms. The molecule has 4 fully saturated rings. The van der Waals surface area contributed by atoms with Crippen LogP contribution >= 0.6 is 0 Å². The number of hydrogen-bond donors (Lipinski definition) is 2. The Kier molecular flexibility index (Phi) is 11.0. The van der Waals surface area contributed by atoms with Gasteiger partial charge in [-0.3, -0.25) is 24.5 Å². The third-order valence-corrected chi connectivity index (χ3v) is 14.2. The monoisotopic (exact) mass is 831 g/mol. The van der Waals surface area contributed by atoms with Crippen molar-refractivity contribution < 1.29 is 29.0 Å². The van der Waals surface area contributed by atoms with Gasteiger partial charge in [-0.05, 0) is 130 Å². The first-order valence-corrected chi connectivity index (χ1v) is 21.8. The highest BCUT2D eigenvalue weighted by Crippen LogP contribution is 2.51. The smallest absolute Gasteiger partial charge is 0.259 e. The second-order valence-electron chi connectivity index (χ2n) is 18.3. The molecule has 1 unspecified atom stereocenters. The van der Waals surface area contributed by atoms with E-state index in [2.05, 4.69) is 20.1 Å². The zero-order valence-electron chi connectivity index (χ0n) is 35.7. The maximum atomic E-state index is 13.3. The quantitative estimate of drug-likeness (QED) is 0.202. The van der Waals surface area contributed by atoms with Crippen LogP contribution in [0.3, 0.4) is 0 Å². The number of carbonyl (C=O) groups is 3. The number of amides is 3. The van der Waals surface area contributed by atoms with Gasteiger partial charge in [-0.1, -0.05) is 6.07 Å². The summed E-state index contributed by atoms with van der Waals surface area (Å²) in [5, 5.41) is 15.0. The number of phenolic OH excluding ortho intramolecular Hbond substituents is 1. The molecule has 4 aromatic rings. The van der Waals surface area contributed by atoms with Crippen LogP contribution < -0.4 is 25.2 Å². The third-order valence-electron chi connectivity index (χ3n) is 14.2. The molecule has 14 heteroatoms. The van der Waals surface area contributed by atoms with Gasteiger partial charge in [0.25, 0.3) is 11.5 Å². The minimum atomic E-state index is -0.616. The summed E-state index contributed by atoms with van der Waals surface area (Å²) in [7, 11) is 7.21. The molecule has 3 saturated heterocycles. The van der Waals surface area contributed by atoms with Gasteiger partial charge in [0.1, 0.15) is 29.1 Å². The number of aromatic hydroxyl groups is 1. The maximum absolute atomic E-state index is 13.3. The molecule has 2 aromatic heterocycles. The lowest BCUT2D eigenvalue weighted by atomic mass is 9.61. The SMILES string of the molecule is COc1cc(-c2cn(C)c(=O)c3cnc(N(C)C)cc23)cc(O)c1CCN1CCC(CN2CCC3(CC2)CC(Oc2ccc4c(c2)C(=O)N(C2CCC(=O)NC2=O)C4)C3)CC1. The lowest BCUT2D eigenvalue weighted by molar-refractivity contribution is -0.136. The Balaban J connectivity index is 0.728. The van der Waals surface area contributed by atoms with E-state index in [4.69, 9.17) is 9.47 Å². The van der Waals surface area contributed by atoms with Crippen LogP contribution in [-0.4, -0.2) is 120 Å². The third kappa shape index (κ3) is 8.07. The number of imide groups is 1. The lowest BCUT2D eigenvalue weighted by Crippen LogP contribution is -2.52. The fraction of sp³-hybridized carbons (Fsp3) is 0.511. The number of phenols is 1. The predicted molar refractivity (Wildman–Crippen MR) is 232 cm³/mol. The number of aryl methyl sites for hydroxylation is 1. The molecule has 0 bridgehead atoms. The molecule has 6 heterocycles. The molecule has 2 aromatic carbocycles. The summed E-state index contributed by atoms with van der Waals surface area (Å²) in [6, 6.07) is 10.8. The van der Waals surface area contributed by atoms with Gasteiger partial charge in [-0.15, -0.1) is 0 Å². The highest BCUT2D eigenvalue weighted by atomic mass is 16.5. The van der Waals surface area contributed by atoms with E-state index in [1.807, 2.05) is 55.5 Å². The summed E-state index contributed by atoms with van der Waals surface area (Å²) in [5.74, 6) is 2.11. The van der Waals surface area contributed by atoms with Crippen LogP contribution in [0.5, 0.6) is 17.2 Å². The number of hydrogen-bond acceptors (Lipinski definition) is 11. The van der Waals surface area contributed by atoms with Crippen LogP contribution in [0.2, 0.25) is 0 Å². The van der Waals surface area contributed by atoms with Gasteiger partial charge in [0.15, 0.2) is 0 Å². The van der Waals surface area contributed by atoms with E-state index in [0.29, 0.717) is 53.2 Å². The number of carbonyl (C=O) groups excluding carboxylic acids is 3. The largest absolute Gasteiger partial charge is 0.508 e. The van der Waals surface area contributed by atoms with E-state index in [1.165, 1.54) is 12.8 Å². The number of rotatable bonds is 11. The summed E-state index contributed by atoms with van der Waals surface area (Å²) in [4.78, 5) is 63.4. The number of ether oxygens (including phenoxy) is 2. The Morgan fingerprint density at radius 3 is 2.43 bits per heavy atom. The summed E-state index contributed by atoms with van der Waals surface area (Å²) in [6.07, 6.45) is 11.6. The molecule has 1 spiro atoms. The first-order chi connectivity index (χ1) is 29.4. The Morgan fingerprint density at radius 2 is 1.70 bits per heavy atom. The number of nitrogens with zero attached hydrogens (tertiary/aromatic N) is 6. The van der Waals surface area contributed by atoms with E-state index in [-0.39, 0.29) is 35.6 Å². The number of piperidine rings is 3. The second-order valence-corrected chi connectivity index (χ2v) is 18.3. The average Bonchev–Trinajstić information content (AvgIpc) is 3.56. The molecule has 0 radical (unpaired) electrons. The van der Waals surface area contributed by atoms with Crippen molar-refractivity contribution in [3.63, 3.8) is 0 Å². The Bertz CT molecular complexity index is 2420. The van der Waals surface area contributed by atoms with Gasteiger partial charge < -0.3 is 38.7 Å². The topological polar surface area (TPSA) is 150 Å². The number of fused-ring (bicyclic) bond motifs is 2. The summed E-state index contributed by atoms with van der Waals surface area (Å²) < 4.78 is 13.8. The molecular weight excluding hydrogens is 775 g/mol. The van der Waals surface area contributed by atoms with Crippen LogP contribution in [-0.2, 0) is 29.6 Å². The van der Waals surface area contributed by atoms with Crippen molar-refractivity contribution in [3.8, 4) is 28.4 Å². The molecule has 14 nitrogen and oxygen atoms in total. The minimum absolute atomic E-state index is 0.120. The van der Waals surface area contributed by atoms with E-state index in [0.717, 1.165) is 98.4 Å². The van der Waals surface area contributed by atoms with Gasteiger partial charge in [0.05, 0.1) is 18.6 Å². The van der Waals surface area contributed by atoms with Crippen molar-refractivity contribution in [1.82, 2.24) is 29.6 Å². The second kappa shape index (κ2) is 16.4. The van der Waals surface area contributed by atoms with Gasteiger partial charge in [0, 0.05) is 81.7 Å². The molecule has 4 aliphatic heterocycles. The fourth-order valence-corrected chi connectivity index (χ4v) is 10.5. The molecule has 2 N–H and O–H groups in total. The number of pyridine rings is 2. The van der Waals surface area contributed by atoms with Crippen molar-refractivity contribution in [1.29, 1.82) is 0 Å². The maximum Gasteiger partial charge on any atom is 0.259 e. The Morgan fingerprint density at radius 1 is 0.934 bits per heavy atom. The first kappa shape index (κ1) is 40.9. The van der Waals surface area contributed by atoms with E-state index < -0.39 is 11.9 Å². The molecule has 1 aliphatic carbocycles. The van der Waals surface area contributed by atoms with Crippen molar-refractivity contribution in [2.24, 2.45) is 18.4 Å². The van der Waals surface area contributed by atoms with Gasteiger partial charge in [0.2, 0.25) is 11.8 Å². The molecule has 9 rings (SSSR count). The highest BCUT2D eigenvalue weighted by Gasteiger charge is 2.47. The van der Waals surface area contributed by atoms with E-state index in [1.54, 1.807) is 35.9 Å². The molecule has 5 aliphatic rings. The number of likely N-dealkylation sites (tertiary alicyclic amines) is 2. The van der Waals surface area contributed by atoms with Crippen molar-refractivity contribution in [3.05, 3.63) is 75.8 Å². The Labute approximate surface area is 356 Å². The van der Waals surface area contributed by atoms with E-state index in [9.17, 15) is 24.3 Å². The summed E-state index contributed by atoms with van der Waals surface area (Å²) in [6.45, 7) is 6.68. The van der Waals surface area contributed by atoms with Crippen LogP contribution in [0, 0.1) is 11.3 Å². The first-order valence-electron chi connectivity index (χ1n) is 21.8. The zero-order chi connectivity index (χ0) is 42.6. The van der Waals surface area contributed by atoms with Gasteiger partial charge >= 0.3 is 0 Å². The van der Waals surface area contributed by atoms with Gasteiger partial charge in [-0.2, -0.15) is 0 Å². The highest BCUT2D eigenvalue weighted by molar-refractivity contribution is 6.05. The van der Waals surface area contributed by atoms with Crippen LogP contribution in [0.4, 0.5) is 5.82 Å². The molecule has 1 atom stereocenters. The molecule has 3 amide bonds. The number of aromatic nitrogens is 2. The summed E-state index contributed by atoms with van der Waals surface area (Å²) >= 11 is 0. The molecule has 1 saturated carbocycles. The van der Waals surface area contributed by atoms with Crippen LogP contribution in [0.25, 0.3) is 21.9 Å². The summed E-state index contributed by atoms with van der Waals surface area (Å²) in [5.41, 5.74) is 4.10. The molecule has 322 valence electrons.